The molecule has 1 aliphatic rings. The third kappa shape index (κ3) is 5.29. The summed E-state index contributed by atoms with van der Waals surface area (Å²) in [5, 5.41) is 19.7. The normalized spacial score (nSPS) is 19.0. The van der Waals surface area contributed by atoms with Crippen molar-refractivity contribution in [2.75, 3.05) is 6.61 Å². The minimum atomic E-state index is -0.216. The zero-order valence-electron chi connectivity index (χ0n) is 13.5. The van der Waals surface area contributed by atoms with E-state index < -0.39 is 0 Å². The molecule has 124 valence electrons. The van der Waals surface area contributed by atoms with Crippen molar-refractivity contribution in [1.82, 2.24) is 0 Å². The second-order valence-corrected chi connectivity index (χ2v) is 7.97. The second kappa shape index (κ2) is 9.59. The molecule has 22 heavy (non-hydrogen) atoms. The van der Waals surface area contributed by atoms with Crippen LogP contribution in [-0.2, 0) is 0 Å². The van der Waals surface area contributed by atoms with Crippen LogP contribution >= 0.6 is 11.8 Å². The average molecular weight is 323 g/mol. The number of rotatable bonds is 9. The van der Waals surface area contributed by atoms with E-state index in [0.29, 0.717) is 0 Å². The van der Waals surface area contributed by atoms with Crippen LogP contribution in [0.1, 0.15) is 64.2 Å². The third-order valence-corrected chi connectivity index (χ3v) is 6.35. The predicted molar refractivity (Wildman–Crippen MR) is 94.3 cm³/mol. The Labute approximate surface area is 139 Å². The van der Waals surface area contributed by atoms with E-state index in [-0.39, 0.29) is 17.5 Å². The lowest BCUT2D eigenvalue weighted by molar-refractivity contribution is 0.0955. The Balaban J connectivity index is 1.92. The molecule has 0 aromatic heterocycles. The topological polar surface area (TPSA) is 40.5 Å². The molecule has 0 bridgehead atoms. The number of thioether (sulfide) groups is 1. The van der Waals surface area contributed by atoms with Crippen LogP contribution in [0, 0.1) is 0 Å². The highest BCUT2D eigenvalue weighted by molar-refractivity contribution is 8.00. The maximum absolute atomic E-state index is 10.9. The highest BCUT2D eigenvalue weighted by Gasteiger charge is 2.39. The molecule has 0 radical (unpaired) electrons. The van der Waals surface area contributed by atoms with Crippen LogP contribution in [0.5, 0.6) is 0 Å². The number of aliphatic hydroxyl groups is 2. The second-order valence-electron chi connectivity index (χ2n) is 6.48. The van der Waals surface area contributed by atoms with E-state index in [1.165, 1.54) is 24.2 Å². The quantitative estimate of drug-likeness (QED) is 0.642. The number of benzene rings is 1. The Morgan fingerprint density at radius 2 is 1.64 bits per heavy atom. The molecule has 1 aliphatic carbocycles. The molecule has 0 amide bonds. The predicted octanol–water partition coefficient (Wildman–Crippen LogP) is 4.79. The van der Waals surface area contributed by atoms with Gasteiger partial charge in [0.15, 0.2) is 0 Å². The standard InChI is InChI=1S/C19H30O2S/c20-16-10-2-1-7-13-18(21)19(14-8-4-9-15-19)22-17-11-5-3-6-12-17/h3,5-6,11-12,18,20-21H,1-2,4,7-10,13-16H2. The maximum atomic E-state index is 10.9. The van der Waals surface area contributed by atoms with E-state index in [0.717, 1.165) is 44.9 Å². The van der Waals surface area contributed by atoms with E-state index in [1.54, 1.807) is 0 Å². The van der Waals surface area contributed by atoms with Gasteiger partial charge in [-0.25, -0.2) is 0 Å². The van der Waals surface area contributed by atoms with Crippen LogP contribution in [-0.4, -0.2) is 27.7 Å². The fourth-order valence-electron chi connectivity index (χ4n) is 3.44. The van der Waals surface area contributed by atoms with Crippen LogP contribution in [0.2, 0.25) is 0 Å². The van der Waals surface area contributed by atoms with Gasteiger partial charge in [-0.1, -0.05) is 56.7 Å². The van der Waals surface area contributed by atoms with E-state index in [4.69, 9.17) is 5.11 Å². The average Bonchev–Trinajstić information content (AvgIpc) is 2.56. The highest BCUT2D eigenvalue weighted by atomic mass is 32.2. The zero-order valence-corrected chi connectivity index (χ0v) is 14.4. The van der Waals surface area contributed by atoms with Gasteiger partial charge in [-0.15, -0.1) is 11.8 Å². The Morgan fingerprint density at radius 3 is 2.32 bits per heavy atom. The summed E-state index contributed by atoms with van der Waals surface area (Å²) in [6.45, 7) is 0.288. The van der Waals surface area contributed by atoms with Crippen LogP contribution in [0.25, 0.3) is 0 Å². The molecule has 0 aliphatic heterocycles. The number of unbranched alkanes of at least 4 members (excludes halogenated alkanes) is 3. The molecular formula is C19H30O2S. The molecule has 1 atom stereocenters. The third-order valence-electron chi connectivity index (χ3n) is 4.76. The van der Waals surface area contributed by atoms with Gasteiger partial charge in [0, 0.05) is 16.2 Å². The van der Waals surface area contributed by atoms with Gasteiger partial charge < -0.3 is 10.2 Å². The first kappa shape index (κ1) is 17.8. The maximum Gasteiger partial charge on any atom is 0.0690 e. The summed E-state index contributed by atoms with van der Waals surface area (Å²) in [5.74, 6) is 0. The Kier molecular flexibility index (Phi) is 7.77. The van der Waals surface area contributed by atoms with Crippen molar-refractivity contribution in [3.05, 3.63) is 30.3 Å². The Bertz CT molecular complexity index is 401. The Morgan fingerprint density at radius 1 is 0.955 bits per heavy atom. The molecule has 2 rings (SSSR count). The van der Waals surface area contributed by atoms with Gasteiger partial charge in [-0.05, 0) is 37.8 Å². The van der Waals surface area contributed by atoms with Gasteiger partial charge in [0.05, 0.1) is 6.10 Å². The summed E-state index contributed by atoms with van der Waals surface area (Å²) in [4.78, 5) is 1.28. The first-order valence-corrected chi connectivity index (χ1v) is 9.61. The van der Waals surface area contributed by atoms with Gasteiger partial charge >= 0.3 is 0 Å². The first-order chi connectivity index (χ1) is 10.8. The first-order valence-electron chi connectivity index (χ1n) is 8.80. The summed E-state index contributed by atoms with van der Waals surface area (Å²) in [6, 6.07) is 10.5. The van der Waals surface area contributed by atoms with E-state index in [2.05, 4.69) is 30.3 Å². The minimum Gasteiger partial charge on any atom is -0.396 e. The molecular weight excluding hydrogens is 292 g/mol. The summed E-state index contributed by atoms with van der Waals surface area (Å²) in [7, 11) is 0. The monoisotopic (exact) mass is 322 g/mol. The summed E-state index contributed by atoms with van der Waals surface area (Å²) < 4.78 is 0.0105. The summed E-state index contributed by atoms with van der Waals surface area (Å²) in [5.41, 5.74) is 0. The van der Waals surface area contributed by atoms with Crippen molar-refractivity contribution in [3.63, 3.8) is 0 Å². The number of hydrogen-bond acceptors (Lipinski definition) is 3. The van der Waals surface area contributed by atoms with Crippen LogP contribution in [0.4, 0.5) is 0 Å². The molecule has 1 aromatic carbocycles. The molecule has 2 N–H and O–H groups in total. The van der Waals surface area contributed by atoms with E-state index >= 15 is 0 Å². The molecule has 1 aromatic rings. The molecule has 0 saturated heterocycles. The fraction of sp³-hybridized carbons (Fsp3) is 0.684. The molecule has 2 nitrogen and oxygen atoms in total. The molecule has 1 saturated carbocycles. The number of hydrogen-bond donors (Lipinski definition) is 2. The molecule has 1 fully saturated rings. The van der Waals surface area contributed by atoms with Crippen LogP contribution < -0.4 is 0 Å². The fourth-order valence-corrected chi connectivity index (χ4v) is 4.95. The SMILES string of the molecule is OCCCCCCC(O)C1(Sc2ccccc2)CCCCC1. The van der Waals surface area contributed by atoms with E-state index in [1.807, 2.05) is 11.8 Å². The highest BCUT2D eigenvalue weighted by Crippen LogP contribution is 2.47. The molecule has 1 unspecified atom stereocenters. The van der Waals surface area contributed by atoms with Crippen molar-refractivity contribution in [1.29, 1.82) is 0 Å². The van der Waals surface area contributed by atoms with Crippen LogP contribution in [0.15, 0.2) is 35.2 Å². The van der Waals surface area contributed by atoms with Crippen molar-refractivity contribution < 1.29 is 10.2 Å². The lowest BCUT2D eigenvalue weighted by Crippen LogP contribution is -2.41. The van der Waals surface area contributed by atoms with E-state index in [9.17, 15) is 5.11 Å². The summed E-state index contributed by atoms with van der Waals surface area (Å²) >= 11 is 1.90. The van der Waals surface area contributed by atoms with Crippen molar-refractivity contribution in [2.24, 2.45) is 0 Å². The van der Waals surface area contributed by atoms with Crippen LogP contribution in [0.3, 0.4) is 0 Å². The number of aliphatic hydroxyl groups excluding tert-OH is 2. The zero-order chi connectivity index (χ0) is 15.7. The van der Waals surface area contributed by atoms with Gasteiger partial charge in [-0.2, -0.15) is 0 Å². The van der Waals surface area contributed by atoms with Crippen molar-refractivity contribution in [2.45, 2.75) is 80.0 Å². The molecule has 0 spiro atoms. The minimum absolute atomic E-state index is 0.0105. The lowest BCUT2D eigenvalue weighted by Gasteiger charge is -2.41. The smallest absolute Gasteiger partial charge is 0.0690 e. The Hall–Kier alpha value is -0.510. The molecule has 3 heteroatoms. The lowest BCUT2D eigenvalue weighted by atomic mass is 9.82. The largest absolute Gasteiger partial charge is 0.396 e. The summed E-state index contributed by atoms with van der Waals surface area (Å²) in [6.07, 6.45) is 10.9. The van der Waals surface area contributed by atoms with Crippen molar-refractivity contribution in [3.8, 4) is 0 Å². The van der Waals surface area contributed by atoms with Gasteiger partial charge in [0.2, 0.25) is 0 Å². The van der Waals surface area contributed by atoms with Gasteiger partial charge in [0.1, 0.15) is 0 Å². The van der Waals surface area contributed by atoms with Crippen molar-refractivity contribution >= 4 is 11.8 Å². The van der Waals surface area contributed by atoms with Gasteiger partial charge in [-0.3, -0.25) is 0 Å². The molecule has 0 heterocycles. The van der Waals surface area contributed by atoms with Gasteiger partial charge in [0.25, 0.3) is 0 Å².